The molecule has 13 heteroatoms. The van der Waals surface area contributed by atoms with Crippen molar-refractivity contribution in [3.63, 3.8) is 0 Å². The number of benzene rings is 2. The van der Waals surface area contributed by atoms with Crippen LogP contribution in [0.15, 0.2) is 73.8 Å². The van der Waals surface area contributed by atoms with E-state index < -0.39 is 42.1 Å². The van der Waals surface area contributed by atoms with Crippen LogP contribution in [0.25, 0.3) is 0 Å². The first-order valence-electron chi connectivity index (χ1n) is 14.5. The van der Waals surface area contributed by atoms with E-state index in [2.05, 4.69) is 17.9 Å². The van der Waals surface area contributed by atoms with Crippen LogP contribution < -0.4 is 9.47 Å². The normalized spacial score (nSPS) is 11.2. The fraction of sp³-hybridized carbons (Fsp3) is 0.382. The Balaban J connectivity index is 0.000000474. The van der Waals surface area contributed by atoms with Crippen molar-refractivity contribution in [2.24, 2.45) is 0 Å². The fourth-order valence-electron chi connectivity index (χ4n) is 3.43. The Kier molecular flexibility index (Phi) is 19.7. The molecule has 1 N–H and O–H groups in total. The number of aliphatic hydroxyl groups is 1. The van der Waals surface area contributed by atoms with Gasteiger partial charge in [-0.05, 0) is 41.8 Å². The molecule has 2 atom stereocenters. The molecule has 0 aromatic heterocycles. The lowest BCUT2D eigenvalue weighted by molar-refractivity contribution is -0.167. The van der Waals surface area contributed by atoms with Crippen LogP contribution in [-0.4, -0.2) is 74.6 Å². The van der Waals surface area contributed by atoms with Crippen molar-refractivity contribution in [2.75, 3.05) is 27.4 Å². The topological polar surface area (TPSA) is 170 Å². The molecule has 0 heterocycles. The number of hydrogen-bond donors (Lipinski definition) is 1. The Morgan fingerprint density at radius 2 is 1.11 bits per heavy atom. The van der Waals surface area contributed by atoms with E-state index in [9.17, 15) is 29.1 Å². The van der Waals surface area contributed by atoms with Gasteiger partial charge in [-0.1, -0.05) is 49.6 Å². The van der Waals surface area contributed by atoms with E-state index in [0.717, 1.165) is 16.9 Å². The van der Waals surface area contributed by atoms with Gasteiger partial charge in [-0.3, -0.25) is 14.4 Å². The Bertz CT molecular complexity index is 1290. The monoisotopic (exact) mass is 658 g/mol. The minimum absolute atomic E-state index is 0.00147. The molecule has 0 aliphatic carbocycles. The summed E-state index contributed by atoms with van der Waals surface area (Å²) < 4.78 is 34.6. The van der Waals surface area contributed by atoms with Crippen molar-refractivity contribution in [3.05, 3.63) is 85.0 Å². The van der Waals surface area contributed by atoms with Crippen molar-refractivity contribution >= 4 is 29.8 Å². The Hall–Kier alpha value is -5.17. The second-order valence-corrected chi connectivity index (χ2v) is 9.55. The lowest BCUT2D eigenvalue weighted by Gasteiger charge is -2.15. The number of methoxy groups -OCH3 is 2. The lowest BCUT2D eigenvalue weighted by atomic mass is 10.2. The number of carbonyl (C=O) groups excluding carboxylic acids is 5. The summed E-state index contributed by atoms with van der Waals surface area (Å²) in [6, 6.07) is 14.2. The van der Waals surface area contributed by atoms with E-state index in [-0.39, 0.29) is 52.1 Å². The molecule has 0 aliphatic heterocycles. The molecule has 0 saturated carbocycles. The molecule has 47 heavy (non-hydrogen) atoms. The van der Waals surface area contributed by atoms with Gasteiger partial charge >= 0.3 is 29.8 Å². The van der Waals surface area contributed by atoms with Gasteiger partial charge in [0.05, 0.1) is 14.2 Å². The van der Waals surface area contributed by atoms with Crippen LogP contribution in [-0.2, 0) is 60.9 Å². The van der Waals surface area contributed by atoms with Gasteiger partial charge in [0.2, 0.25) is 0 Å². The molecule has 256 valence electrons. The molecule has 2 unspecified atom stereocenters. The molecule has 2 aromatic carbocycles. The van der Waals surface area contributed by atoms with Crippen molar-refractivity contribution in [2.45, 2.75) is 58.0 Å². The second kappa shape index (κ2) is 23.2. The first kappa shape index (κ1) is 39.9. The lowest BCUT2D eigenvalue weighted by Crippen LogP contribution is -2.29. The molecule has 2 aromatic rings. The van der Waals surface area contributed by atoms with Gasteiger partial charge in [0.1, 0.15) is 37.9 Å². The molecule has 0 aliphatic rings. The third-order valence-electron chi connectivity index (χ3n) is 5.88. The number of esters is 5. The van der Waals surface area contributed by atoms with Gasteiger partial charge in [-0.25, -0.2) is 9.59 Å². The Morgan fingerprint density at radius 1 is 0.681 bits per heavy atom. The molecule has 0 saturated heterocycles. The molecule has 13 nitrogen and oxygen atoms in total. The Morgan fingerprint density at radius 3 is 1.51 bits per heavy atom. The zero-order chi connectivity index (χ0) is 35.0. The average Bonchev–Trinajstić information content (AvgIpc) is 3.08. The average molecular weight is 659 g/mol. The molecular weight excluding hydrogens is 616 g/mol. The first-order chi connectivity index (χ1) is 22.5. The van der Waals surface area contributed by atoms with Crippen molar-refractivity contribution in [3.8, 4) is 11.5 Å². The zero-order valence-electron chi connectivity index (χ0n) is 26.8. The molecule has 0 fully saturated rings. The highest BCUT2D eigenvalue weighted by molar-refractivity contribution is 5.79. The number of rotatable bonds is 19. The van der Waals surface area contributed by atoms with Gasteiger partial charge in [-0.2, -0.15) is 0 Å². The summed E-state index contributed by atoms with van der Waals surface area (Å²) in [6.07, 6.45) is 0.0886. The maximum atomic E-state index is 11.8. The smallest absolute Gasteiger partial charge is 0.347 e. The first-order valence-corrected chi connectivity index (χ1v) is 14.5. The summed E-state index contributed by atoms with van der Waals surface area (Å²) in [6.45, 7) is 8.24. The van der Waals surface area contributed by atoms with E-state index in [4.69, 9.17) is 28.4 Å². The SMILES string of the molecule is C=CCOC(=O)C(CCC(=O)OCc1ccc(OC)cc1)OC(C)=O.C=CCOC(=O)C(O)CCC(=O)OCc1ccc(OC)cc1. The zero-order valence-corrected chi connectivity index (χ0v) is 26.8. The van der Waals surface area contributed by atoms with E-state index in [1.807, 2.05) is 0 Å². The van der Waals surface area contributed by atoms with Crippen molar-refractivity contribution in [1.29, 1.82) is 0 Å². The molecule has 0 radical (unpaired) electrons. The highest BCUT2D eigenvalue weighted by Crippen LogP contribution is 2.14. The van der Waals surface area contributed by atoms with Gasteiger partial charge in [-0.15, -0.1) is 0 Å². The van der Waals surface area contributed by atoms with Crippen LogP contribution in [0.2, 0.25) is 0 Å². The van der Waals surface area contributed by atoms with Gasteiger partial charge < -0.3 is 38.3 Å². The maximum absolute atomic E-state index is 11.8. The van der Waals surface area contributed by atoms with Crippen LogP contribution in [0, 0.1) is 0 Å². The van der Waals surface area contributed by atoms with Crippen LogP contribution in [0.5, 0.6) is 11.5 Å². The predicted molar refractivity (Wildman–Crippen MR) is 168 cm³/mol. The number of ether oxygens (including phenoxy) is 7. The standard InChI is InChI=1S/C18H22O7.C16H20O6/c1-4-11-23-18(21)16(25-13(2)19)9-10-17(20)24-12-14-5-7-15(22-3)8-6-14;1-3-10-21-16(19)14(17)8-9-15(18)22-11-12-4-6-13(20-2)7-5-12/h4-8,16H,1,9-12H2,2-3H3;3-7,14,17H,1,8-11H2,2H3. The van der Waals surface area contributed by atoms with E-state index in [1.165, 1.54) is 19.1 Å². The van der Waals surface area contributed by atoms with E-state index in [0.29, 0.717) is 5.75 Å². The number of aliphatic hydroxyl groups excluding tert-OH is 1. The van der Waals surface area contributed by atoms with Crippen molar-refractivity contribution in [1.82, 2.24) is 0 Å². The van der Waals surface area contributed by atoms with Crippen molar-refractivity contribution < 1.29 is 62.2 Å². The molecular formula is C34H42O13. The predicted octanol–water partition coefficient (Wildman–Crippen LogP) is 3.79. The summed E-state index contributed by atoms with van der Waals surface area (Å²) in [5.74, 6) is -1.71. The maximum Gasteiger partial charge on any atom is 0.347 e. The summed E-state index contributed by atoms with van der Waals surface area (Å²) in [7, 11) is 3.13. The van der Waals surface area contributed by atoms with E-state index in [1.54, 1.807) is 62.8 Å². The summed E-state index contributed by atoms with van der Waals surface area (Å²) in [5, 5.41) is 9.51. The fourth-order valence-corrected chi connectivity index (χ4v) is 3.43. The summed E-state index contributed by atoms with van der Waals surface area (Å²) in [4.78, 5) is 57.5. The molecule has 0 amide bonds. The Labute approximate surface area is 274 Å². The van der Waals surface area contributed by atoms with Gasteiger partial charge in [0.25, 0.3) is 0 Å². The number of hydrogen-bond acceptors (Lipinski definition) is 13. The van der Waals surface area contributed by atoms with Crippen LogP contribution in [0.3, 0.4) is 0 Å². The summed E-state index contributed by atoms with van der Waals surface area (Å²) in [5.41, 5.74) is 1.62. The third-order valence-corrected chi connectivity index (χ3v) is 5.88. The largest absolute Gasteiger partial charge is 0.497 e. The van der Waals surface area contributed by atoms with Crippen LogP contribution in [0.1, 0.15) is 43.7 Å². The second-order valence-electron chi connectivity index (χ2n) is 9.55. The van der Waals surface area contributed by atoms with Crippen LogP contribution in [0.4, 0.5) is 0 Å². The number of carbonyl (C=O) groups is 5. The minimum Gasteiger partial charge on any atom is -0.497 e. The quantitative estimate of drug-likeness (QED) is 0.132. The minimum atomic E-state index is -1.34. The van der Waals surface area contributed by atoms with Gasteiger partial charge in [0.15, 0.2) is 12.2 Å². The molecule has 0 bridgehead atoms. The summed E-state index contributed by atoms with van der Waals surface area (Å²) >= 11 is 0. The molecule has 2 rings (SSSR count). The van der Waals surface area contributed by atoms with Crippen LogP contribution >= 0.6 is 0 Å². The highest BCUT2D eigenvalue weighted by atomic mass is 16.6. The van der Waals surface area contributed by atoms with Gasteiger partial charge in [0, 0.05) is 26.2 Å². The van der Waals surface area contributed by atoms with E-state index >= 15 is 0 Å². The molecule has 0 spiro atoms. The highest BCUT2D eigenvalue weighted by Gasteiger charge is 2.24. The third kappa shape index (κ3) is 17.8.